The van der Waals surface area contributed by atoms with Gasteiger partial charge in [-0.25, -0.2) is 14.2 Å². The Labute approximate surface area is 167 Å². The summed E-state index contributed by atoms with van der Waals surface area (Å²) in [6.45, 7) is 4.00. The predicted octanol–water partition coefficient (Wildman–Crippen LogP) is 5.35. The van der Waals surface area contributed by atoms with E-state index >= 15 is 0 Å². The number of esters is 1. The fourth-order valence-electron chi connectivity index (χ4n) is 2.42. The molecule has 1 N–H and O–H groups in total. The number of carbonyl (C=O) groups excluding carboxylic acids is 1. The van der Waals surface area contributed by atoms with Crippen molar-refractivity contribution in [3.05, 3.63) is 82.2 Å². The molecule has 0 aliphatic carbocycles. The number of methoxy groups -OCH3 is 1. The minimum absolute atomic E-state index is 0.0349. The van der Waals surface area contributed by atoms with E-state index in [9.17, 15) is 19.3 Å². The van der Waals surface area contributed by atoms with Gasteiger partial charge in [-0.1, -0.05) is 13.8 Å². The highest BCUT2D eigenvalue weighted by Gasteiger charge is 2.17. The van der Waals surface area contributed by atoms with Crippen LogP contribution in [0, 0.1) is 15.9 Å². The Morgan fingerprint density at radius 1 is 1.03 bits per heavy atom. The molecule has 150 valence electrons. The molecule has 0 aliphatic rings. The number of halogens is 1. The van der Waals surface area contributed by atoms with E-state index < -0.39 is 10.9 Å². The molecule has 0 amide bonds. The van der Waals surface area contributed by atoms with Crippen molar-refractivity contribution in [2.24, 2.45) is 0 Å². The first-order valence-electron chi connectivity index (χ1n) is 8.84. The van der Waals surface area contributed by atoms with Gasteiger partial charge < -0.3 is 10.1 Å². The lowest BCUT2D eigenvalue weighted by atomic mass is 10.1. The molecule has 0 spiro atoms. The number of pyridine rings is 1. The smallest absolute Gasteiger partial charge is 0.337 e. The van der Waals surface area contributed by atoms with Gasteiger partial charge in [0, 0.05) is 17.3 Å². The van der Waals surface area contributed by atoms with Crippen LogP contribution in [0.4, 0.5) is 21.6 Å². The van der Waals surface area contributed by atoms with Crippen molar-refractivity contribution in [3.8, 4) is 11.3 Å². The van der Waals surface area contributed by atoms with E-state index in [-0.39, 0.29) is 17.3 Å². The van der Waals surface area contributed by atoms with E-state index in [2.05, 4.69) is 15.0 Å². The summed E-state index contributed by atoms with van der Waals surface area (Å²) in [6.07, 6.45) is 0. The van der Waals surface area contributed by atoms with Crippen LogP contribution in [0.15, 0.2) is 60.7 Å². The molecule has 0 bridgehead atoms. The van der Waals surface area contributed by atoms with Gasteiger partial charge in [0.1, 0.15) is 5.82 Å². The van der Waals surface area contributed by atoms with Gasteiger partial charge in [-0.3, -0.25) is 10.1 Å². The van der Waals surface area contributed by atoms with Crippen LogP contribution in [-0.2, 0) is 4.74 Å². The molecule has 7 nitrogen and oxygen atoms in total. The van der Waals surface area contributed by atoms with Gasteiger partial charge >= 0.3 is 11.7 Å². The van der Waals surface area contributed by atoms with Gasteiger partial charge in [0.15, 0.2) is 0 Å². The number of carbonyl (C=O) groups is 1. The summed E-state index contributed by atoms with van der Waals surface area (Å²) >= 11 is 0. The molecule has 0 aliphatic heterocycles. The van der Waals surface area contributed by atoms with Crippen LogP contribution in [0.2, 0.25) is 0 Å². The number of aromatic nitrogens is 1. The number of anilines is 2. The van der Waals surface area contributed by atoms with E-state index in [4.69, 9.17) is 0 Å². The molecule has 0 atom stereocenters. The standard InChI is InChI=1S/C19H14FN3O4.C2H6/c1-27-19(24)13-4-8-15(9-5-13)21-18-17(23(25)26)11-10-16(22-18)12-2-6-14(20)7-3-12;1-2/h2-11H,1H3,(H,21,22);1-2H3. The average molecular weight is 397 g/mol. The predicted molar refractivity (Wildman–Crippen MR) is 109 cm³/mol. The molecule has 0 saturated carbocycles. The molecule has 29 heavy (non-hydrogen) atoms. The lowest BCUT2D eigenvalue weighted by Gasteiger charge is -2.09. The average Bonchev–Trinajstić information content (AvgIpc) is 2.75. The minimum Gasteiger partial charge on any atom is -0.465 e. The van der Waals surface area contributed by atoms with Gasteiger partial charge in [-0.15, -0.1) is 0 Å². The lowest BCUT2D eigenvalue weighted by Crippen LogP contribution is -2.03. The van der Waals surface area contributed by atoms with Crippen LogP contribution in [-0.4, -0.2) is 23.0 Å². The number of ether oxygens (including phenoxy) is 1. The summed E-state index contributed by atoms with van der Waals surface area (Å²) < 4.78 is 17.7. The first kappa shape index (κ1) is 21.5. The zero-order valence-corrected chi connectivity index (χ0v) is 16.2. The number of benzene rings is 2. The SMILES string of the molecule is CC.COC(=O)c1ccc(Nc2nc(-c3ccc(F)cc3)ccc2[N+](=O)[O-])cc1. The minimum atomic E-state index is -0.549. The van der Waals surface area contributed by atoms with Crippen LogP contribution in [0.1, 0.15) is 24.2 Å². The summed E-state index contributed by atoms with van der Waals surface area (Å²) in [4.78, 5) is 26.5. The topological polar surface area (TPSA) is 94.4 Å². The molecular formula is C21H20FN3O4. The van der Waals surface area contributed by atoms with E-state index in [0.717, 1.165) is 0 Å². The van der Waals surface area contributed by atoms with E-state index in [1.54, 1.807) is 24.3 Å². The Balaban J connectivity index is 0.00000145. The van der Waals surface area contributed by atoms with Crippen molar-refractivity contribution in [1.82, 2.24) is 4.98 Å². The third kappa shape index (κ3) is 5.35. The van der Waals surface area contributed by atoms with Gasteiger partial charge in [-0.2, -0.15) is 0 Å². The summed E-state index contributed by atoms with van der Waals surface area (Å²) in [5, 5.41) is 14.2. The molecule has 1 heterocycles. The second kappa shape index (κ2) is 9.93. The highest BCUT2D eigenvalue weighted by molar-refractivity contribution is 5.89. The van der Waals surface area contributed by atoms with Gasteiger partial charge in [0.05, 0.1) is 23.3 Å². The maximum atomic E-state index is 13.1. The number of nitrogens with zero attached hydrogens (tertiary/aromatic N) is 2. The zero-order chi connectivity index (χ0) is 21.4. The van der Waals surface area contributed by atoms with Gasteiger partial charge in [0.25, 0.3) is 0 Å². The fraction of sp³-hybridized carbons (Fsp3) is 0.143. The largest absolute Gasteiger partial charge is 0.465 e. The monoisotopic (exact) mass is 397 g/mol. The summed E-state index contributed by atoms with van der Waals surface area (Å²) in [7, 11) is 1.28. The maximum Gasteiger partial charge on any atom is 0.337 e. The van der Waals surface area contributed by atoms with Crippen molar-refractivity contribution in [3.63, 3.8) is 0 Å². The highest BCUT2D eigenvalue weighted by atomic mass is 19.1. The van der Waals surface area contributed by atoms with E-state index in [1.165, 1.54) is 43.5 Å². The molecule has 3 rings (SSSR count). The third-order valence-corrected chi connectivity index (χ3v) is 3.78. The fourth-order valence-corrected chi connectivity index (χ4v) is 2.42. The second-order valence-electron chi connectivity index (χ2n) is 5.52. The van der Waals surface area contributed by atoms with Crippen molar-refractivity contribution in [1.29, 1.82) is 0 Å². The molecular weight excluding hydrogens is 377 g/mol. The molecule has 0 fully saturated rings. The van der Waals surface area contributed by atoms with Crippen molar-refractivity contribution in [2.45, 2.75) is 13.8 Å². The van der Waals surface area contributed by atoms with Crippen molar-refractivity contribution < 1.29 is 18.8 Å². The first-order valence-corrected chi connectivity index (χ1v) is 8.84. The van der Waals surface area contributed by atoms with Crippen LogP contribution in [0.5, 0.6) is 0 Å². The lowest BCUT2D eigenvalue weighted by molar-refractivity contribution is -0.384. The number of rotatable bonds is 5. The number of hydrogen-bond donors (Lipinski definition) is 1. The summed E-state index contributed by atoms with van der Waals surface area (Å²) in [5.74, 6) is -0.832. The van der Waals surface area contributed by atoms with Crippen molar-refractivity contribution in [2.75, 3.05) is 12.4 Å². The zero-order valence-electron chi connectivity index (χ0n) is 16.2. The Bertz CT molecular complexity index is 990. The Hall–Kier alpha value is -3.81. The molecule has 0 unspecified atom stereocenters. The van der Waals surface area contributed by atoms with Crippen LogP contribution >= 0.6 is 0 Å². The normalized spacial score (nSPS) is 9.79. The third-order valence-electron chi connectivity index (χ3n) is 3.78. The molecule has 2 aromatic carbocycles. The molecule has 0 radical (unpaired) electrons. The van der Waals surface area contributed by atoms with Crippen molar-refractivity contribution >= 4 is 23.2 Å². The molecule has 8 heteroatoms. The van der Waals surface area contributed by atoms with Crippen LogP contribution in [0.3, 0.4) is 0 Å². The highest BCUT2D eigenvalue weighted by Crippen LogP contribution is 2.29. The molecule has 0 saturated heterocycles. The van der Waals surface area contributed by atoms with Crippen LogP contribution < -0.4 is 5.32 Å². The number of hydrogen-bond acceptors (Lipinski definition) is 6. The van der Waals surface area contributed by atoms with Gasteiger partial charge in [-0.05, 0) is 54.6 Å². The number of nitro groups is 1. The maximum absolute atomic E-state index is 13.1. The Morgan fingerprint density at radius 2 is 1.66 bits per heavy atom. The second-order valence-corrected chi connectivity index (χ2v) is 5.52. The van der Waals surface area contributed by atoms with Crippen LogP contribution in [0.25, 0.3) is 11.3 Å². The van der Waals surface area contributed by atoms with E-state index in [1.807, 2.05) is 13.8 Å². The summed E-state index contributed by atoms with van der Waals surface area (Å²) in [6, 6.07) is 14.7. The van der Waals surface area contributed by atoms with E-state index in [0.29, 0.717) is 22.5 Å². The Kier molecular flexibility index (Phi) is 7.36. The summed E-state index contributed by atoms with van der Waals surface area (Å²) in [5.41, 5.74) is 1.72. The quantitative estimate of drug-likeness (QED) is 0.354. The first-order chi connectivity index (χ1) is 14.0. The molecule has 1 aromatic heterocycles. The number of nitrogens with one attached hydrogen (secondary N) is 1. The molecule has 3 aromatic rings. The Morgan fingerprint density at radius 3 is 2.21 bits per heavy atom. The van der Waals surface area contributed by atoms with Gasteiger partial charge in [0.2, 0.25) is 5.82 Å².